The number of rotatable bonds is 8. The van der Waals surface area contributed by atoms with Crippen LogP contribution in [-0.4, -0.2) is 50.3 Å². The summed E-state index contributed by atoms with van der Waals surface area (Å²) in [4.78, 5) is 0. The molecule has 120 valence electrons. The van der Waals surface area contributed by atoms with Crippen molar-refractivity contribution in [1.82, 2.24) is 4.31 Å². The first-order valence-corrected chi connectivity index (χ1v) is 9.41. The number of likely N-dealkylation sites (N-methyl/N-ethyl adjacent to an activating group) is 1. The molecule has 0 atom stereocenters. The molecule has 0 heterocycles. The number of nitrogens with zero attached hydrogens (tertiary/aromatic N) is 1. The maximum atomic E-state index is 12.6. The van der Waals surface area contributed by atoms with Crippen LogP contribution in [0.2, 0.25) is 0 Å². The van der Waals surface area contributed by atoms with Gasteiger partial charge in [-0.1, -0.05) is 32.6 Å². The third-order valence-electron chi connectivity index (χ3n) is 4.26. The monoisotopic (exact) mass is 306 g/mol. The van der Waals surface area contributed by atoms with Gasteiger partial charge in [0.2, 0.25) is 10.0 Å². The minimum atomic E-state index is -3.30. The summed E-state index contributed by atoms with van der Waals surface area (Å²) >= 11 is 0. The average Bonchev–Trinajstić information content (AvgIpc) is 2.66. The predicted octanol–water partition coefficient (Wildman–Crippen LogP) is 1.73. The van der Waals surface area contributed by atoms with Crippen molar-refractivity contribution in [2.75, 3.05) is 32.1 Å². The van der Waals surface area contributed by atoms with Gasteiger partial charge in [0.25, 0.3) is 0 Å². The normalized spacial score (nSPS) is 20.0. The van der Waals surface area contributed by atoms with Crippen LogP contribution >= 0.6 is 0 Å². The van der Waals surface area contributed by atoms with Gasteiger partial charge in [-0.3, -0.25) is 0 Å². The Morgan fingerprint density at radius 3 is 2.20 bits per heavy atom. The van der Waals surface area contributed by atoms with E-state index in [2.05, 4.69) is 0 Å². The van der Waals surface area contributed by atoms with E-state index in [1.54, 1.807) is 4.31 Å². The van der Waals surface area contributed by atoms with Gasteiger partial charge in [0, 0.05) is 25.2 Å². The largest absolute Gasteiger partial charge is 0.381 e. The summed E-state index contributed by atoms with van der Waals surface area (Å²) in [6, 6.07) is 0. The van der Waals surface area contributed by atoms with E-state index >= 15 is 0 Å². The third-order valence-corrected chi connectivity index (χ3v) is 6.26. The first-order chi connectivity index (χ1) is 9.52. The Morgan fingerprint density at radius 2 is 1.75 bits per heavy atom. The summed E-state index contributed by atoms with van der Waals surface area (Å²) in [5.74, 6) is 0.0520. The predicted molar refractivity (Wildman–Crippen MR) is 82.1 cm³/mol. The summed E-state index contributed by atoms with van der Waals surface area (Å²) in [5, 5.41) is 0. The van der Waals surface area contributed by atoms with Crippen LogP contribution in [0.15, 0.2) is 0 Å². The van der Waals surface area contributed by atoms with Gasteiger partial charge in [0.1, 0.15) is 0 Å². The Kier molecular flexibility index (Phi) is 7.43. The standard InChI is InChI=1S/C14H30N2O3S/c1-3-16(20(17,18)12-11-19-4-2)14(13-15)9-7-5-6-8-10-14/h3-13,15H2,1-2H3. The van der Waals surface area contributed by atoms with Crippen molar-refractivity contribution in [1.29, 1.82) is 0 Å². The van der Waals surface area contributed by atoms with Gasteiger partial charge in [-0.2, -0.15) is 4.31 Å². The molecule has 20 heavy (non-hydrogen) atoms. The molecule has 1 aliphatic carbocycles. The van der Waals surface area contributed by atoms with Crippen molar-refractivity contribution >= 4 is 10.0 Å². The first kappa shape index (κ1) is 17.9. The lowest BCUT2D eigenvalue weighted by atomic mass is 9.90. The highest BCUT2D eigenvalue weighted by atomic mass is 32.2. The van der Waals surface area contributed by atoms with Gasteiger partial charge < -0.3 is 10.5 Å². The highest BCUT2D eigenvalue weighted by molar-refractivity contribution is 7.89. The van der Waals surface area contributed by atoms with Crippen molar-refractivity contribution in [3.63, 3.8) is 0 Å². The van der Waals surface area contributed by atoms with E-state index in [1.807, 2.05) is 13.8 Å². The molecule has 0 amide bonds. The molecule has 0 unspecified atom stereocenters. The topological polar surface area (TPSA) is 72.6 Å². The molecule has 5 nitrogen and oxygen atoms in total. The highest BCUT2D eigenvalue weighted by Gasteiger charge is 2.41. The lowest BCUT2D eigenvalue weighted by Gasteiger charge is -2.41. The fourth-order valence-corrected chi connectivity index (χ4v) is 4.98. The fourth-order valence-electron chi connectivity index (χ4n) is 3.19. The van der Waals surface area contributed by atoms with E-state index < -0.39 is 10.0 Å². The van der Waals surface area contributed by atoms with Gasteiger partial charge in [-0.15, -0.1) is 0 Å². The highest BCUT2D eigenvalue weighted by Crippen LogP contribution is 2.33. The van der Waals surface area contributed by atoms with E-state index in [0.717, 1.165) is 25.7 Å². The van der Waals surface area contributed by atoms with Crippen molar-refractivity contribution < 1.29 is 13.2 Å². The molecule has 0 spiro atoms. The maximum Gasteiger partial charge on any atom is 0.216 e. The van der Waals surface area contributed by atoms with E-state index in [-0.39, 0.29) is 17.9 Å². The number of hydrogen-bond acceptors (Lipinski definition) is 4. The Hall–Kier alpha value is -0.170. The molecule has 0 saturated heterocycles. The van der Waals surface area contributed by atoms with E-state index in [4.69, 9.17) is 10.5 Å². The zero-order valence-electron chi connectivity index (χ0n) is 12.9. The van der Waals surface area contributed by atoms with Crippen LogP contribution in [0.25, 0.3) is 0 Å². The van der Waals surface area contributed by atoms with E-state index in [0.29, 0.717) is 19.7 Å². The Balaban J connectivity index is 2.89. The van der Waals surface area contributed by atoms with Gasteiger partial charge in [0.15, 0.2) is 0 Å². The van der Waals surface area contributed by atoms with Gasteiger partial charge in [-0.25, -0.2) is 8.42 Å². The van der Waals surface area contributed by atoms with Crippen molar-refractivity contribution in [3.05, 3.63) is 0 Å². The fraction of sp³-hybridized carbons (Fsp3) is 1.00. The van der Waals surface area contributed by atoms with Gasteiger partial charge >= 0.3 is 0 Å². The molecule has 0 aromatic heterocycles. The molecule has 0 aromatic carbocycles. The minimum absolute atomic E-state index is 0.0520. The summed E-state index contributed by atoms with van der Waals surface area (Å²) in [5.41, 5.74) is 5.62. The molecule has 1 aliphatic rings. The molecular weight excluding hydrogens is 276 g/mol. The maximum absolute atomic E-state index is 12.6. The van der Waals surface area contributed by atoms with Crippen molar-refractivity contribution in [3.8, 4) is 0 Å². The molecule has 2 N–H and O–H groups in total. The molecule has 0 aromatic rings. The smallest absolute Gasteiger partial charge is 0.216 e. The number of hydrogen-bond donors (Lipinski definition) is 1. The molecule has 0 bridgehead atoms. The van der Waals surface area contributed by atoms with Crippen LogP contribution in [0.1, 0.15) is 52.4 Å². The number of sulfonamides is 1. The van der Waals surface area contributed by atoms with Crippen LogP contribution in [0.4, 0.5) is 0 Å². The molecule has 1 rings (SSSR count). The minimum Gasteiger partial charge on any atom is -0.381 e. The van der Waals surface area contributed by atoms with Crippen molar-refractivity contribution in [2.45, 2.75) is 57.9 Å². The molecule has 1 saturated carbocycles. The van der Waals surface area contributed by atoms with Crippen LogP contribution in [0.5, 0.6) is 0 Å². The molecule has 6 heteroatoms. The van der Waals surface area contributed by atoms with Crippen LogP contribution in [0, 0.1) is 0 Å². The summed E-state index contributed by atoms with van der Waals surface area (Å²) in [7, 11) is -3.30. The molecule has 0 radical (unpaired) electrons. The van der Waals surface area contributed by atoms with Gasteiger partial charge in [0.05, 0.1) is 12.4 Å². The van der Waals surface area contributed by atoms with Crippen LogP contribution in [-0.2, 0) is 14.8 Å². The summed E-state index contributed by atoms with van der Waals surface area (Å²) < 4.78 is 32.1. The number of nitrogens with two attached hydrogens (primary N) is 1. The van der Waals surface area contributed by atoms with E-state index in [9.17, 15) is 8.42 Å². The Labute approximate surface area is 123 Å². The Morgan fingerprint density at radius 1 is 1.15 bits per heavy atom. The zero-order valence-corrected chi connectivity index (χ0v) is 13.8. The van der Waals surface area contributed by atoms with E-state index in [1.165, 1.54) is 12.8 Å². The zero-order chi connectivity index (χ0) is 15.1. The quantitative estimate of drug-likeness (QED) is 0.547. The molecular formula is C14H30N2O3S. The second-order valence-corrected chi connectivity index (χ2v) is 7.53. The second-order valence-electron chi connectivity index (χ2n) is 5.52. The summed E-state index contributed by atoms with van der Waals surface area (Å²) in [6.07, 6.45) is 6.25. The third kappa shape index (κ3) is 4.41. The van der Waals surface area contributed by atoms with Gasteiger partial charge in [-0.05, 0) is 19.8 Å². The van der Waals surface area contributed by atoms with Crippen LogP contribution < -0.4 is 5.73 Å². The summed E-state index contributed by atoms with van der Waals surface area (Å²) in [6.45, 7) is 5.48. The SMILES string of the molecule is CCOCCS(=O)(=O)N(CC)C1(CN)CCCCCC1. The molecule has 1 fully saturated rings. The lowest BCUT2D eigenvalue weighted by Crippen LogP contribution is -2.56. The average molecular weight is 306 g/mol. The molecule has 0 aliphatic heterocycles. The van der Waals surface area contributed by atoms with Crippen molar-refractivity contribution in [2.24, 2.45) is 5.73 Å². The number of ether oxygens (including phenoxy) is 1. The first-order valence-electron chi connectivity index (χ1n) is 7.80. The van der Waals surface area contributed by atoms with Crippen LogP contribution in [0.3, 0.4) is 0 Å². The second kappa shape index (κ2) is 8.32. The Bertz CT molecular complexity index is 363. The lowest BCUT2D eigenvalue weighted by molar-refractivity contribution is 0.153.